The number of carbonyl (C=O) groups is 1. The second kappa shape index (κ2) is 11.2. The van der Waals surface area contributed by atoms with Gasteiger partial charge in [0.2, 0.25) is 15.3 Å². The van der Waals surface area contributed by atoms with E-state index < -0.39 is 63.4 Å². The van der Waals surface area contributed by atoms with E-state index in [4.69, 9.17) is 16.3 Å². The molecule has 1 fully saturated rings. The lowest BCUT2D eigenvalue weighted by Gasteiger charge is -2.12. The smallest absolute Gasteiger partial charge is 0.387 e. The van der Waals surface area contributed by atoms with Crippen LogP contribution in [0, 0.1) is 0 Å². The Kier molecular flexibility index (Phi) is 7.66. The van der Waals surface area contributed by atoms with Crippen molar-refractivity contribution in [3.63, 3.8) is 0 Å². The fourth-order valence-electron chi connectivity index (χ4n) is 4.75. The number of alkyl halides is 5. The summed E-state index contributed by atoms with van der Waals surface area (Å²) in [6, 6.07) is 9.57. The average Bonchev–Trinajstić information content (AvgIpc) is 3.64. The molecule has 1 aliphatic heterocycles. The van der Waals surface area contributed by atoms with Crippen molar-refractivity contribution in [1.82, 2.24) is 20.3 Å². The molecule has 0 radical (unpaired) electrons. The minimum Gasteiger partial charge on any atom is -0.433 e. The maximum absolute atomic E-state index is 14.2. The van der Waals surface area contributed by atoms with Crippen molar-refractivity contribution < 1.29 is 44.6 Å². The molecule has 6 rings (SSSR count). The van der Waals surface area contributed by atoms with E-state index in [1.54, 1.807) is 18.2 Å². The van der Waals surface area contributed by atoms with Gasteiger partial charge in [-0.2, -0.15) is 8.78 Å². The number of sulfone groups is 1. The number of hydrogen-bond acceptors (Lipinski definition) is 8. The van der Waals surface area contributed by atoms with Gasteiger partial charge < -0.3 is 14.8 Å². The van der Waals surface area contributed by atoms with Crippen LogP contribution in [0.1, 0.15) is 39.6 Å². The van der Waals surface area contributed by atoms with Crippen LogP contribution in [0.2, 0.25) is 5.02 Å². The summed E-state index contributed by atoms with van der Waals surface area (Å²) in [7, 11) is -4.43. The number of nitrogens with one attached hydrogen (secondary N) is 1. The third-order valence-electron chi connectivity index (χ3n) is 7.14. The molecular formula is C28H20ClF5N4O5S. The first-order valence-corrected chi connectivity index (χ1v) is 14.9. The molecule has 4 aromatic rings. The van der Waals surface area contributed by atoms with Gasteiger partial charge in [-0.3, -0.25) is 9.78 Å². The standard InChI is InChI=1S/C28H20ClF5N4O5S/c29-18-5-14(6-23-16(18)11-42-12-24(30)44(23,40)41)26(39)36-10-15-7-21-13(9-35-15)1-2-19(37-21)20-3-4-22(43-27(31)32)25(38-20)17-8-28(17,33)34/h1-7,9,17,24,27H,8,10-12H2,(H,36,39)/t17-,24+/m0/s1. The Hall–Kier alpha value is -3.95. The summed E-state index contributed by atoms with van der Waals surface area (Å²) in [5.74, 6) is -5.55. The predicted octanol–water partition coefficient (Wildman–Crippen LogP) is 5.60. The third-order valence-corrected chi connectivity index (χ3v) is 9.26. The van der Waals surface area contributed by atoms with Crippen molar-refractivity contribution in [2.45, 2.75) is 48.4 Å². The lowest BCUT2D eigenvalue weighted by molar-refractivity contribution is -0.0510. The molecule has 1 amide bonds. The van der Waals surface area contributed by atoms with Crippen molar-refractivity contribution >= 4 is 38.2 Å². The molecule has 0 spiro atoms. The highest BCUT2D eigenvalue weighted by Gasteiger charge is 2.59. The zero-order chi connectivity index (χ0) is 31.4. The van der Waals surface area contributed by atoms with Gasteiger partial charge >= 0.3 is 6.61 Å². The molecule has 44 heavy (non-hydrogen) atoms. The van der Waals surface area contributed by atoms with Crippen LogP contribution in [-0.4, -0.2) is 53.9 Å². The quantitative estimate of drug-likeness (QED) is 0.256. The Morgan fingerprint density at radius 1 is 1.14 bits per heavy atom. The lowest BCUT2D eigenvalue weighted by atomic mass is 10.1. The number of carbonyl (C=O) groups excluding carboxylic acids is 1. The second-order valence-corrected chi connectivity index (χ2v) is 12.6. The molecule has 230 valence electrons. The van der Waals surface area contributed by atoms with Crippen molar-refractivity contribution in [3.05, 3.63) is 76.2 Å². The molecule has 0 saturated heterocycles. The van der Waals surface area contributed by atoms with Crippen LogP contribution in [0.3, 0.4) is 0 Å². The van der Waals surface area contributed by atoms with Crippen LogP contribution in [0.4, 0.5) is 22.0 Å². The van der Waals surface area contributed by atoms with Crippen LogP contribution < -0.4 is 10.1 Å². The highest BCUT2D eigenvalue weighted by atomic mass is 35.5. The second-order valence-electron chi connectivity index (χ2n) is 10.1. The predicted molar refractivity (Wildman–Crippen MR) is 146 cm³/mol. The fourth-order valence-corrected chi connectivity index (χ4v) is 6.43. The molecule has 16 heteroatoms. The molecule has 2 aliphatic rings. The van der Waals surface area contributed by atoms with E-state index >= 15 is 0 Å². The zero-order valence-electron chi connectivity index (χ0n) is 22.2. The lowest BCUT2D eigenvalue weighted by Crippen LogP contribution is -2.24. The molecule has 1 N–H and O–H groups in total. The van der Waals surface area contributed by atoms with Crippen molar-refractivity contribution in [3.8, 4) is 17.1 Å². The van der Waals surface area contributed by atoms with Gasteiger partial charge in [0.25, 0.3) is 11.8 Å². The molecule has 1 aromatic carbocycles. The molecule has 3 aromatic heterocycles. The molecule has 1 saturated carbocycles. The van der Waals surface area contributed by atoms with E-state index in [1.165, 1.54) is 18.3 Å². The SMILES string of the molecule is O=C(NCc1cc2nc(-c3ccc(OC(F)F)c([C@@H]4CC4(F)F)n3)ccc2cn1)c1cc(Cl)c2c(c1)S(=O)(=O)[C@@H](F)COC2. The number of benzene rings is 1. The number of rotatable bonds is 7. The average molecular weight is 655 g/mol. The van der Waals surface area contributed by atoms with E-state index in [-0.39, 0.29) is 46.4 Å². The molecule has 2 atom stereocenters. The van der Waals surface area contributed by atoms with Crippen molar-refractivity contribution in [1.29, 1.82) is 0 Å². The largest absolute Gasteiger partial charge is 0.433 e. The van der Waals surface area contributed by atoms with E-state index in [0.717, 1.165) is 12.1 Å². The maximum atomic E-state index is 14.2. The van der Waals surface area contributed by atoms with Crippen LogP contribution >= 0.6 is 11.6 Å². The van der Waals surface area contributed by atoms with E-state index in [9.17, 15) is 35.2 Å². The summed E-state index contributed by atoms with van der Waals surface area (Å²) >= 11 is 6.21. The first kappa shape index (κ1) is 30.1. The summed E-state index contributed by atoms with van der Waals surface area (Å²) in [6.45, 7) is -4.22. The van der Waals surface area contributed by atoms with Crippen molar-refractivity contribution in [2.24, 2.45) is 0 Å². The Bertz CT molecular complexity index is 1910. The maximum Gasteiger partial charge on any atom is 0.387 e. The number of fused-ring (bicyclic) bond motifs is 2. The number of aromatic nitrogens is 3. The Morgan fingerprint density at radius 2 is 1.86 bits per heavy atom. The minimum atomic E-state index is -4.43. The summed E-state index contributed by atoms with van der Waals surface area (Å²) in [6.07, 6.45) is 0.956. The number of pyridine rings is 3. The Labute approximate surface area is 251 Å². The van der Waals surface area contributed by atoms with Gasteiger partial charge in [-0.05, 0) is 42.5 Å². The molecule has 9 nitrogen and oxygen atoms in total. The number of halogens is 6. The van der Waals surface area contributed by atoms with Crippen LogP contribution in [0.15, 0.2) is 53.6 Å². The zero-order valence-corrected chi connectivity index (χ0v) is 23.8. The first-order valence-electron chi connectivity index (χ1n) is 13.0. The highest BCUT2D eigenvalue weighted by molar-refractivity contribution is 7.92. The summed E-state index contributed by atoms with van der Waals surface area (Å²) in [5.41, 5.74) is -1.46. The Morgan fingerprint density at radius 3 is 2.59 bits per heavy atom. The van der Waals surface area contributed by atoms with Gasteiger partial charge in [-0.1, -0.05) is 11.6 Å². The number of amides is 1. The third kappa shape index (κ3) is 5.78. The van der Waals surface area contributed by atoms with E-state index in [1.807, 2.05) is 0 Å². The van der Waals surface area contributed by atoms with Gasteiger partial charge in [0.15, 0.2) is 0 Å². The summed E-state index contributed by atoms with van der Waals surface area (Å²) in [4.78, 5) is 25.5. The molecule has 0 unspecified atom stereocenters. The minimum absolute atomic E-state index is 0.0603. The molecular weight excluding hydrogens is 635 g/mol. The van der Waals surface area contributed by atoms with E-state index in [0.29, 0.717) is 16.6 Å². The Balaban J connectivity index is 1.24. The van der Waals surface area contributed by atoms with Gasteiger partial charge in [0, 0.05) is 34.2 Å². The molecule has 4 heterocycles. The normalized spacial score (nSPS) is 20.2. The summed E-state index contributed by atoms with van der Waals surface area (Å²) in [5, 5.41) is 3.14. The van der Waals surface area contributed by atoms with Crippen molar-refractivity contribution in [2.75, 3.05) is 6.61 Å². The van der Waals surface area contributed by atoms with E-state index in [2.05, 4.69) is 25.0 Å². The summed E-state index contributed by atoms with van der Waals surface area (Å²) < 4.78 is 102. The van der Waals surface area contributed by atoms with Gasteiger partial charge in [0.05, 0.1) is 58.9 Å². The van der Waals surface area contributed by atoms with Gasteiger partial charge in [0.1, 0.15) is 5.75 Å². The number of ether oxygens (including phenoxy) is 2. The van der Waals surface area contributed by atoms with Crippen LogP contribution in [-0.2, 0) is 27.7 Å². The number of hydrogen-bond donors (Lipinski definition) is 1. The fraction of sp³-hybridized carbons (Fsp3) is 0.286. The van der Waals surface area contributed by atoms with Crippen LogP contribution in [0.25, 0.3) is 22.3 Å². The molecule has 1 aliphatic carbocycles. The monoisotopic (exact) mass is 654 g/mol. The first-order chi connectivity index (χ1) is 20.8. The number of nitrogens with zero attached hydrogens (tertiary/aromatic N) is 3. The van der Waals surface area contributed by atoms with Gasteiger partial charge in [-0.15, -0.1) is 0 Å². The van der Waals surface area contributed by atoms with Crippen LogP contribution in [0.5, 0.6) is 5.75 Å². The topological polar surface area (TPSA) is 120 Å². The highest BCUT2D eigenvalue weighted by Crippen LogP contribution is 2.57. The van der Waals surface area contributed by atoms with Gasteiger partial charge in [-0.25, -0.2) is 31.6 Å². The molecule has 0 bridgehead atoms.